The molecule has 164 valence electrons. The molecule has 1 N–H and O–H groups in total. The molecule has 1 aliphatic heterocycles. The highest BCUT2D eigenvalue weighted by atomic mass is 19.3. The van der Waals surface area contributed by atoms with Crippen molar-refractivity contribution < 1.29 is 27.6 Å². The van der Waals surface area contributed by atoms with E-state index >= 15 is 0 Å². The van der Waals surface area contributed by atoms with Gasteiger partial charge in [0, 0.05) is 35.7 Å². The first-order valence-corrected chi connectivity index (χ1v) is 9.86. The lowest BCUT2D eigenvalue weighted by Crippen LogP contribution is -2.51. The molecule has 0 atom stereocenters. The summed E-state index contributed by atoms with van der Waals surface area (Å²) in [4.78, 5) is 42.3. The number of imide groups is 1. The molecule has 0 unspecified atom stereocenters. The molecule has 1 saturated heterocycles. The van der Waals surface area contributed by atoms with E-state index in [4.69, 9.17) is 5.26 Å². The van der Waals surface area contributed by atoms with Crippen LogP contribution in [0.2, 0.25) is 0 Å². The number of amides is 3. The highest BCUT2D eigenvalue weighted by molar-refractivity contribution is 6.11. The van der Waals surface area contributed by atoms with Crippen LogP contribution in [0.5, 0.6) is 0 Å². The minimum Gasteiger partial charge on any atom is -0.323 e. The van der Waals surface area contributed by atoms with Crippen molar-refractivity contribution in [1.82, 2.24) is 15.2 Å². The third-order valence-electron chi connectivity index (χ3n) is 5.88. The van der Waals surface area contributed by atoms with E-state index in [-0.39, 0.29) is 35.2 Å². The van der Waals surface area contributed by atoms with E-state index in [1.54, 1.807) is 6.07 Å². The lowest BCUT2D eigenvalue weighted by molar-refractivity contribution is -0.135. The zero-order valence-electron chi connectivity index (χ0n) is 16.7. The molecule has 2 heterocycles. The first kappa shape index (κ1) is 21.5. The Morgan fingerprint density at radius 1 is 1.16 bits per heavy atom. The average Bonchev–Trinajstić information content (AvgIpc) is 3.00. The summed E-state index contributed by atoms with van der Waals surface area (Å²) in [6, 6.07) is 7.70. The minimum absolute atomic E-state index is 0.0215. The second-order valence-corrected chi connectivity index (χ2v) is 7.89. The predicted octanol–water partition coefficient (Wildman–Crippen LogP) is 3.44. The molecular weight excluding hydrogens is 425 g/mol. The molecule has 32 heavy (non-hydrogen) atoms. The van der Waals surface area contributed by atoms with Crippen LogP contribution in [0.15, 0.2) is 36.5 Å². The van der Waals surface area contributed by atoms with Crippen LogP contribution >= 0.6 is 0 Å². The van der Waals surface area contributed by atoms with Crippen LogP contribution in [0, 0.1) is 17.1 Å². The van der Waals surface area contributed by atoms with Crippen molar-refractivity contribution in [3.8, 4) is 17.2 Å². The van der Waals surface area contributed by atoms with E-state index in [1.165, 1.54) is 24.4 Å². The molecule has 1 aromatic carbocycles. The summed E-state index contributed by atoms with van der Waals surface area (Å²) in [6.45, 7) is -0.641. The number of ketones is 1. The van der Waals surface area contributed by atoms with E-state index in [2.05, 4.69) is 10.3 Å². The molecule has 2 aliphatic rings. The maximum atomic E-state index is 14.7. The summed E-state index contributed by atoms with van der Waals surface area (Å²) in [6.07, 6.45) is -0.106. The third kappa shape index (κ3) is 3.70. The van der Waals surface area contributed by atoms with Crippen molar-refractivity contribution in [2.24, 2.45) is 0 Å². The van der Waals surface area contributed by atoms with Gasteiger partial charge in [-0.3, -0.25) is 14.5 Å². The van der Waals surface area contributed by atoms with Crippen molar-refractivity contribution >= 4 is 17.7 Å². The van der Waals surface area contributed by atoms with Crippen LogP contribution < -0.4 is 5.32 Å². The molecule has 1 aliphatic carbocycles. The van der Waals surface area contributed by atoms with Gasteiger partial charge < -0.3 is 5.32 Å². The molecule has 1 saturated carbocycles. The number of carbonyl (C=O) groups is 3. The molecule has 2 fully saturated rings. The largest absolute Gasteiger partial charge is 0.325 e. The number of urea groups is 1. The van der Waals surface area contributed by atoms with Gasteiger partial charge in [-0.1, -0.05) is 12.1 Å². The number of benzene rings is 1. The van der Waals surface area contributed by atoms with Gasteiger partial charge >= 0.3 is 6.03 Å². The average molecular weight is 442 g/mol. The topological polar surface area (TPSA) is 103 Å². The van der Waals surface area contributed by atoms with E-state index in [0.717, 1.165) is 6.07 Å². The fourth-order valence-electron chi connectivity index (χ4n) is 4.05. The number of nitrogens with zero attached hydrogens (tertiary/aromatic N) is 3. The zero-order valence-corrected chi connectivity index (χ0v) is 16.7. The highest BCUT2D eigenvalue weighted by Gasteiger charge is 2.55. The lowest BCUT2D eigenvalue weighted by Gasteiger charge is -2.34. The van der Waals surface area contributed by atoms with E-state index in [9.17, 15) is 27.6 Å². The molecule has 3 amide bonds. The van der Waals surface area contributed by atoms with Gasteiger partial charge in [-0.2, -0.15) is 5.26 Å². The molecule has 2 aromatic rings. The molecule has 4 rings (SSSR count). The Balaban J connectivity index is 1.52. The van der Waals surface area contributed by atoms with Crippen molar-refractivity contribution in [3.63, 3.8) is 0 Å². The molecule has 1 aromatic heterocycles. The number of nitriles is 1. The summed E-state index contributed by atoms with van der Waals surface area (Å²) in [5.74, 6) is -5.08. The summed E-state index contributed by atoms with van der Waals surface area (Å²) < 4.78 is 41.7. The van der Waals surface area contributed by atoms with Crippen molar-refractivity contribution in [1.29, 1.82) is 5.26 Å². The van der Waals surface area contributed by atoms with E-state index < -0.39 is 54.4 Å². The number of aromatic nitrogens is 1. The summed E-state index contributed by atoms with van der Waals surface area (Å²) in [5.41, 5.74) is -1.15. The molecular formula is C22H17F3N4O3. The molecule has 1 spiro atoms. The Kier molecular flexibility index (Phi) is 5.20. The van der Waals surface area contributed by atoms with Crippen LogP contribution in [0.4, 0.5) is 18.0 Å². The highest BCUT2D eigenvalue weighted by Crippen LogP contribution is 2.41. The maximum Gasteiger partial charge on any atom is 0.325 e. The Morgan fingerprint density at radius 3 is 2.53 bits per heavy atom. The first-order valence-electron chi connectivity index (χ1n) is 9.86. The molecule has 0 radical (unpaired) electrons. The van der Waals surface area contributed by atoms with Gasteiger partial charge in [0.1, 0.15) is 23.1 Å². The maximum absolute atomic E-state index is 14.7. The lowest BCUT2D eigenvalue weighted by atomic mass is 9.80. The summed E-state index contributed by atoms with van der Waals surface area (Å²) in [5, 5.41) is 11.6. The Morgan fingerprint density at radius 2 is 1.88 bits per heavy atom. The van der Waals surface area contributed by atoms with Gasteiger partial charge in [-0.15, -0.1) is 0 Å². The molecule has 7 nitrogen and oxygen atoms in total. The number of pyridine rings is 1. The fraction of sp³-hybridized carbons (Fsp3) is 0.318. The van der Waals surface area contributed by atoms with Crippen molar-refractivity contribution in [2.45, 2.75) is 37.1 Å². The number of carbonyl (C=O) groups excluding carboxylic acids is 3. The third-order valence-corrected chi connectivity index (χ3v) is 5.88. The fourth-order valence-corrected chi connectivity index (χ4v) is 4.05. The number of halogens is 3. The van der Waals surface area contributed by atoms with Crippen LogP contribution in [-0.4, -0.2) is 45.6 Å². The number of Topliss-reactive ketones (excluding diaryl/α,β-unsaturated/α-hetero) is 1. The Bertz CT molecular complexity index is 1170. The van der Waals surface area contributed by atoms with Crippen LogP contribution in [0.25, 0.3) is 11.1 Å². The van der Waals surface area contributed by atoms with Crippen LogP contribution in [-0.2, 0) is 4.79 Å². The second-order valence-electron chi connectivity index (χ2n) is 7.89. The number of nitrogens with one attached hydrogen (secondary N) is 1. The van der Waals surface area contributed by atoms with Gasteiger partial charge in [-0.25, -0.2) is 22.9 Å². The molecule has 10 heteroatoms. The molecule has 0 bridgehead atoms. The quantitative estimate of drug-likeness (QED) is 0.577. The van der Waals surface area contributed by atoms with Crippen LogP contribution in [0.1, 0.15) is 41.7 Å². The van der Waals surface area contributed by atoms with E-state index in [0.29, 0.717) is 4.90 Å². The van der Waals surface area contributed by atoms with Crippen molar-refractivity contribution in [2.75, 3.05) is 6.54 Å². The van der Waals surface area contributed by atoms with Gasteiger partial charge in [0.05, 0.1) is 6.54 Å². The van der Waals surface area contributed by atoms with E-state index in [1.807, 2.05) is 6.07 Å². The smallest absolute Gasteiger partial charge is 0.323 e. The SMILES string of the molecule is N#Cc1ncccc1-c1ccc(C(=O)CN2C(=O)NC3(CCC(F)(F)CC3)C2=O)cc1F. The monoisotopic (exact) mass is 442 g/mol. The number of rotatable bonds is 4. The Hall–Kier alpha value is -3.74. The Labute approximate surface area is 180 Å². The predicted molar refractivity (Wildman–Crippen MR) is 105 cm³/mol. The number of alkyl halides is 2. The summed E-state index contributed by atoms with van der Waals surface area (Å²) >= 11 is 0. The standard InChI is InChI=1S/C22H17F3N4O3/c23-16-10-13(3-4-14(16)15-2-1-9-27-17(15)11-26)18(30)12-29-19(31)21(28-20(29)32)5-7-22(24,25)8-6-21/h1-4,9-10H,5-8,12H2,(H,28,32). The van der Waals surface area contributed by atoms with Gasteiger partial charge in [0.2, 0.25) is 5.92 Å². The number of hydrogen-bond acceptors (Lipinski definition) is 5. The normalized spacial score (nSPS) is 19.0. The van der Waals surface area contributed by atoms with Gasteiger partial charge in [-0.05, 0) is 31.0 Å². The van der Waals surface area contributed by atoms with Gasteiger partial charge in [0.25, 0.3) is 5.91 Å². The first-order chi connectivity index (χ1) is 15.2. The zero-order chi connectivity index (χ0) is 23.1. The van der Waals surface area contributed by atoms with Gasteiger partial charge in [0.15, 0.2) is 5.78 Å². The van der Waals surface area contributed by atoms with Crippen molar-refractivity contribution in [3.05, 3.63) is 53.6 Å². The minimum atomic E-state index is -2.89. The summed E-state index contributed by atoms with van der Waals surface area (Å²) in [7, 11) is 0. The second kappa shape index (κ2) is 7.75. The van der Waals surface area contributed by atoms with Crippen LogP contribution in [0.3, 0.4) is 0 Å². The number of hydrogen-bond donors (Lipinski definition) is 1.